The van der Waals surface area contributed by atoms with E-state index < -0.39 is 11.0 Å². The number of nitro groups is 1. The number of aryl methyl sites for hydroxylation is 1. The van der Waals surface area contributed by atoms with Gasteiger partial charge >= 0.3 is 0 Å². The van der Waals surface area contributed by atoms with Crippen LogP contribution in [0, 0.1) is 10.1 Å². The summed E-state index contributed by atoms with van der Waals surface area (Å²) >= 11 is 1.36. The van der Waals surface area contributed by atoms with Gasteiger partial charge in [-0.05, 0) is 41.7 Å². The van der Waals surface area contributed by atoms with E-state index in [0.717, 1.165) is 46.1 Å². The number of nitro benzene ring substituents is 1. The summed E-state index contributed by atoms with van der Waals surface area (Å²) in [5, 5.41) is 12.7. The highest BCUT2D eigenvalue weighted by atomic mass is 32.1. The normalized spacial score (nSPS) is 16.3. The van der Waals surface area contributed by atoms with Crippen LogP contribution in [0.1, 0.15) is 34.7 Å². The number of nitrogens with zero attached hydrogens (tertiary/aromatic N) is 4. The van der Waals surface area contributed by atoms with E-state index in [0.29, 0.717) is 21.4 Å². The van der Waals surface area contributed by atoms with Gasteiger partial charge in [-0.3, -0.25) is 19.5 Å². The molecular formula is C32H24N4O3S. The third-order valence-corrected chi connectivity index (χ3v) is 8.68. The minimum atomic E-state index is -0.469. The van der Waals surface area contributed by atoms with Crippen molar-refractivity contribution in [2.45, 2.75) is 25.4 Å². The second-order valence-electron chi connectivity index (χ2n) is 10.0. The summed E-state index contributed by atoms with van der Waals surface area (Å²) < 4.78 is 4.42. The number of aromatic nitrogens is 2. The van der Waals surface area contributed by atoms with Crippen LogP contribution in [0.3, 0.4) is 0 Å². The molecular weight excluding hydrogens is 520 g/mol. The first-order chi connectivity index (χ1) is 19.5. The minimum absolute atomic E-state index is 0.00464. The van der Waals surface area contributed by atoms with Gasteiger partial charge in [-0.25, -0.2) is 4.99 Å². The van der Waals surface area contributed by atoms with Gasteiger partial charge in [0.1, 0.15) is 0 Å². The average Bonchev–Trinajstić information content (AvgIpc) is 3.48. The molecule has 2 aliphatic rings. The van der Waals surface area contributed by atoms with Crippen molar-refractivity contribution in [2.24, 2.45) is 4.99 Å². The lowest BCUT2D eigenvalue weighted by molar-refractivity contribution is -0.384. The number of allylic oxidation sites excluding steroid dienone is 2. The van der Waals surface area contributed by atoms with Crippen molar-refractivity contribution in [1.29, 1.82) is 0 Å². The molecule has 0 fully saturated rings. The Morgan fingerprint density at radius 3 is 2.75 bits per heavy atom. The maximum absolute atomic E-state index is 14.1. The van der Waals surface area contributed by atoms with Gasteiger partial charge in [-0.15, -0.1) is 6.58 Å². The lowest BCUT2D eigenvalue weighted by Crippen LogP contribution is -2.38. The summed E-state index contributed by atoms with van der Waals surface area (Å²) in [5.41, 5.74) is 6.75. The van der Waals surface area contributed by atoms with Crippen molar-refractivity contribution in [2.75, 3.05) is 0 Å². The van der Waals surface area contributed by atoms with Crippen LogP contribution in [-0.4, -0.2) is 14.1 Å². The molecule has 1 aliphatic heterocycles. The predicted octanol–water partition coefficient (Wildman–Crippen LogP) is 5.37. The highest BCUT2D eigenvalue weighted by Gasteiger charge is 2.33. The van der Waals surface area contributed by atoms with Crippen LogP contribution in [-0.2, 0) is 13.0 Å². The van der Waals surface area contributed by atoms with E-state index in [2.05, 4.69) is 35.4 Å². The minimum Gasteiger partial charge on any atom is -0.343 e. The molecule has 1 aliphatic carbocycles. The fourth-order valence-electron chi connectivity index (χ4n) is 5.95. The Morgan fingerprint density at radius 1 is 1.07 bits per heavy atom. The van der Waals surface area contributed by atoms with Gasteiger partial charge in [0, 0.05) is 46.9 Å². The standard InChI is InChI=1S/C32H24N4O3S/c1-2-16-34-19-22(24-11-5-6-13-27(24)34)18-28-31(37)35-30(21-9-7-10-23(17-21)36(38)39)26-15-14-20-8-3-4-12-25(20)29(26)33-32(35)40-28/h2-13,17-19,30H,1,14-16H2/b28-18+/t30-/m1/s1. The zero-order valence-corrected chi connectivity index (χ0v) is 22.3. The molecule has 0 saturated carbocycles. The summed E-state index contributed by atoms with van der Waals surface area (Å²) in [7, 11) is 0. The average molecular weight is 545 g/mol. The number of fused-ring (bicyclic) bond motifs is 4. The smallest absolute Gasteiger partial charge is 0.271 e. The summed E-state index contributed by atoms with van der Waals surface area (Å²) in [6.45, 7) is 4.54. The van der Waals surface area contributed by atoms with Crippen molar-refractivity contribution in [1.82, 2.24) is 9.13 Å². The number of thiazole rings is 1. The van der Waals surface area contributed by atoms with Crippen LogP contribution in [0.25, 0.3) is 22.7 Å². The number of rotatable bonds is 5. The van der Waals surface area contributed by atoms with Gasteiger partial charge < -0.3 is 4.57 Å². The van der Waals surface area contributed by atoms with Crippen molar-refractivity contribution >= 4 is 39.7 Å². The van der Waals surface area contributed by atoms with Crippen LogP contribution in [0.2, 0.25) is 0 Å². The Balaban J connectivity index is 1.49. The summed E-state index contributed by atoms with van der Waals surface area (Å²) in [4.78, 5) is 31.0. The first-order valence-electron chi connectivity index (χ1n) is 13.1. The predicted molar refractivity (Wildman–Crippen MR) is 158 cm³/mol. The highest BCUT2D eigenvalue weighted by molar-refractivity contribution is 7.07. The van der Waals surface area contributed by atoms with E-state index in [-0.39, 0.29) is 11.2 Å². The van der Waals surface area contributed by atoms with Gasteiger partial charge in [0.2, 0.25) is 0 Å². The molecule has 3 aromatic carbocycles. The molecule has 8 heteroatoms. The Bertz CT molecular complexity index is 2080. The molecule has 0 radical (unpaired) electrons. The molecule has 0 amide bonds. The Kier molecular flexibility index (Phi) is 5.71. The van der Waals surface area contributed by atoms with E-state index in [1.807, 2.05) is 48.7 Å². The van der Waals surface area contributed by atoms with Gasteiger partial charge in [0.25, 0.3) is 11.2 Å². The summed E-state index contributed by atoms with van der Waals surface area (Å²) in [5.74, 6) is 0. The second kappa shape index (κ2) is 9.43. The van der Waals surface area contributed by atoms with Gasteiger partial charge in [0.05, 0.1) is 21.2 Å². The number of benzene rings is 3. The van der Waals surface area contributed by atoms with Crippen molar-refractivity contribution in [3.05, 3.63) is 149 Å². The Labute approximate surface area is 233 Å². The molecule has 0 saturated heterocycles. The van der Waals surface area contributed by atoms with Crippen molar-refractivity contribution in [3.63, 3.8) is 0 Å². The van der Waals surface area contributed by atoms with Crippen LogP contribution >= 0.6 is 11.3 Å². The third kappa shape index (κ3) is 3.79. The van der Waals surface area contributed by atoms with Crippen LogP contribution < -0.4 is 14.9 Å². The fraction of sp³-hybridized carbons (Fsp3) is 0.125. The molecule has 5 aromatic rings. The molecule has 0 spiro atoms. The summed E-state index contributed by atoms with van der Waals surface area (Å²) in [6.07, 6.45) is 7.38. The molecule has 2 aromatic heterocycles. The van der Waals surface area contributed by atoms with Crippen LogP contribution in [0.4, 0.5) is 5.69 Å². The summed E-state index contributed by atoms with van der Waals surface area (Å²) in [6, 6.07) is 22.5. The van der Waals surface area contributed by atoms with Crippen LogP contribution in [0.5, 0.6) is 0 Å². The fourth-order valence-corrected chi connectivity index (χ4v) is 6.94. The molecule has 0 bridgehead atoms. The quantitative estimate of drug-likeness (QED) is 0.170. The van der Waals surface area contributed by atoms with E-state index in [1.165, 1.54) is 23.0 Å². The number of hydrogen-bond donors (Lipinski definition) is 0. The van der Waals surface area contributed by atoms with Gasteiger partial charge in [0.15, 0.2) is 4.80 Å². The van der Waals surface area contributed by atoms with E-state index in [1.54, 1.807) is 16.7 Å². The number of para-hydroxylation sites is 1. The molecule has 3 heterocycles. The Morgan fingerprint density at radius 2 is 1.90 bits per heavy atom. The van der Waals surface area contributed by atoms with Crippen LogP contribution in [0.15, 0.2) is 107 Å². The third-order valence-electron chi connectivity index (χ3n) is 7.70. The van der Waals surface area contributed by atoms with Crippen molar-refractivity contribution < 1.29 is 4.92 Å². The second-order valence-corrected chi connectivity index (χ2v) is 11.0. The molecule has 1 atom stereocenters. The molecule has 196 valence electrons. The largest absolute Gasteiger partial charge is 0.343 e. The molecule has 0 unspecified atom stereocenters. The van der Waals surface area contributed by atoms with Crippen molar-refractivity contribution in [3.8, 4) is 0 Å². The zero-order chi connectivity index (χ0) is 27.4. The lowest BCUT2D eigenvalue weighted by atomic mass is 9.83. The monoisotopic (exact) mass is 544 g/mol. The maximum atomic E-state index is 14.1. The Hall–Kier alpha value is -4.82. The maximum Gasteiger partial charge on any atom is 0.271 e. The zero-order valence-electron chi connectivity index (χ0n) is 21.5. The highest BCUT2D eigenvalue weighted by Crippen LogP contribution is 2.41. The van der Waals surface area contributed by atoms with Gasteiger partial charge in [-0.1, -0.05) is 72.0 Å². The lowest BCUT2D eigenvalue weighted by Gasteiger charge is -2.30. The molecule has 7 rings (SSSR count). The molecule has 7 nitrogen and oxygen atoms in total. The SMILES string of the molecule is C=CCn1cc(/C=c2/sc3n(c2=O)[C@H](c2cccc([N+](=O)[O-])c2)C2=C(N=3)c3ccccc3CC2)c2ccccc21. The number of hydrogen-bond acceptors (Lipinski definition) is 5. The molecule has 0 N–H and O–H groups in total. The first kappa shape index (κ1) is 24.2. The van der Waals surface area contributed by atoms with E-state index in [4.69, 9.17) is 4.99 Å². The topological polar surface area (TPSA) is 82.4 Å². The van der Waals surface area contributed by atoms with E-state index in [9.17, 15) is 14.9 Å². The van der Waals surface area contributed by atoms with Gasteiger partial charge in [-0.2, -0.15) is 0 Å². The molecule has 40 heavy (non-hydrogen) atoms. The van der Waals surface area contributed by atoms with E-state index >= 15 is 0 Å². The number of non-ortho nitro benzene ring substituents is 1. The first-order valence-corrected chi connectivity index (χ1v) is 13.9.